The minimum Gasteiger partial charge on any atom is -0.493 e. The van der Waals surface area contributed by atoms with Crippen LogP contribution < -0.4 is 4.74 Å². The van der Waals surface area contributed by atoms with Gasteiger partial charge < -0.3 is 19.4 Å². The van der Waals surface area contributed by atoms with Gasteiger partial charge in [-0.15, -0.1) is 0 Å². The van der Waals surface area contributed by atoms with E-state index >= 15 is 0 Å². The van der Waals surface area contributed by atoms with Crippen molar-refractivity contribution in [2.75, 3.05) is 52.9 Å². The largest absolute Gasteiger partial charge is 0.493 e. The van der Waals surface area contributed by atoms with Crippen molar-refractivity contribution in [3.8, 4) is 5.75 Å². The third kappa shape index (κ3) is 5.88. The van der Waals surface area contributed by atoms with Gasteiger partial charge in [0.1, 0.15) is 11.6 Å². The fourth-order valence-electron chi connectivity index (χ4n) is 4.76. The number of hydrogen-bond donors (Lipinski definition) is 0. The molecule has 2 aliphatic heterocycles. The van der Waals surface area contributed by atoms with Crippen LogP contribution in [-0.2, 0) is 4.79 Å². The van der Waals surface area contributed by atoms with Crippen molar-refractivity contribution in [3.63, 3.8) is 0 Å². The molecule has 6 nitrogen and oxygen atoms in total. The Kier molecular flexibility index (Phi) is 7.73. The Balaban J connectivity index is 1.53. The van der Waals surface area contributed by atoms with Gasteiger partial charge in [0.15, 0.2) is 0 Å². The van der Waals surface area contributed by atoms with E-state index in [1.807, 2.05) is 4.90 Å². The number of likely N-dealkylation sites (N-methyl/N-ethyl adjacent to an activating group) is 1. The molecule has 0 aromatic heterocycles. The van der Waals surface area contributed by atoms with Gasteiger partial charge >= 0.3 is 0 Å². The summed E-state index contributed by atoms with van der Waals surface area (Å²) in [6.45, 7) is 4.24. The van der Waals surface area contributed by atoms with Crippen molar-refractivity contribution < 1.29 is 18.7 Å². The van der Waals surface area contributed by atoms with Crippen molar-refractivity contribution in [1.29, 1.82) is 0 Å². The molecule has 0 unspecified atom stereocenters. The summed E-state index contributed by atoms with van der Waals surface area (Å²) in [6, 6.07) is 13.1. The topological polar surface area (TPSA) is 53.1 Å². The van der Waals surface area contributed by atoms with Crippen LogP contribution in [0, 0.1) is 11.2 Å². The summed E-state index contributed by atoms with van der Waals surface area (Å²) < 4.78 is 20.4. The maximum atomic E-state index is 14.3. The molecule has 2 aromatic rings. The molecule has 2 fully saturated rings. The predicted molar refractivity (Wildman–Crippen MR) is 130 cm³/mol. The first kappa shape index (κ1) is 24.5. The number of hydrogen-bond acceptors (Lipinski definition) is 4. The Labute approximate surface area is 205 Å². The lowest BCUT2D eigenvalue weighted by molar-refractivity contribution is -0.137. The maximum Gasteiger partial charge on any atom is 0.256 e. The van der Waals surface area contributed by atoms with Gasteiger partial charge in [-0.3, -0.25) is 9.59 Å². The second-order valence-electron chi connectivity index (χ2n) is 9.41. The molecule has 2 saturated heterocycles. The van der Waals surface area contributed by atoms with E-state index < -0.39 is 11.2 Å². The summed E-state index contributed by atoms with van der Waals surface area (Å²) in [6.07, 6.45) is 1.76. The molecular weight excluding hydrogens is 457 g/mol. The maximum absolute atomic E-state index is 14.3. The van der Waals surface area contributed by atoms with E-state index in [1.54, 1.807) is 41.3 Å². The number of rotatable bonds is 6. The molecular formula is C26H31ClFN3O3. The van der Waals surface area contributed by atoms with E-state index in [4.69, 9.17) is 16.3 Å². The first-order chi connectivity index (χ1) is 16.3. The molecule has 2 aromatic carbocycles. The summed E-state index contributed by atoms with van der Waals surface area (Å²) >= 11 is 5.99. The van der Waals surface area contributed by atoms with Gasteiger partial charge in [-0.05, 0) is 56.3 Å². The van der Waals surface area contributed by atoms with Gasteiger partial charge in [0.25, 0.3) is 5.91 Å². The van der Waals surface area contributed by atoms with E-state index in [-0.39, 0.29) is 30.4 Å². The van der Waals surface area contributed by atoms with Gasteiger partial charge in [-0.1, -0.05) is 23.7 Å². The highest BCUT2D eigenvalue weighted by Crippen LogP contribution is 2.36. The number of nitrogens with zero attached hydrogens (tertiary/aromatic N) is 3. The number of piperazine rings is 1. The average molecular weight is 488 g/mol. The highest BCUT2D eigenvalue weighted by atomic mass is 35.5. The highest BCUT2D eigenvalue weighted by molar-refractivity contribution is 6.30. The van der Waals surface area contributed by atoms with Crippen molar-refractivity contribution >= 4 is 23.4 Å². The quantitative estimate of drug-likeness (QED) is 0.619. The van der Waals surface area contributed by atoms with E-state index in [0.717, 1.165) is 25.9 Å². The Bertz CT molecular complexity index is 1010. The Morgan fingerprint density at radius 3 is 2.41 bits per heavy atom. The van der Waals surface area contributed by atoms with Crippen LogP contribution in [-0.4, -0.2) is 79.4 Å². The first-order valence-corrected chi connectivity index (χ1v) is 12.1. The first-order valence-electron chi connectivity index (χ1n) is 11.7. The number of ether oxygens (including phenoxy) is 1. The smallest absolute Gasteiger partial charge is 0.256 e. The molecule has 34 heavy (non-hydrogen) atoms. The zero-order valence-electron chi connectivity index (χ0n) is 19.5. The summed E-state index contributed by atoms with van der Waals surface area (Å²) in [5.74, 6) is -0.142. The third-order valence-electron chi connectivity index (χ3n) is 6.79. The molecule has 0 aliphatic carbocycles. The van der Waals surface area contributed by atoms with Crippen LogP contribution in [0.5, 0.6) is 5.75 Å². The van der Waals surface area contributed by atoms with Crippen molar-refractivity contribution in [2.24, 2.45) is 5.41 Å². The summed E-state index contributed by atoms with van der Waals surface area (Å²) in [5, 5.41) is 0.617. The van der Waals surface area contributed by atoms with Crippen LogP contribution in [0.4, 0.5) is 4.39 Å². The SMILES string of the molecule is CN1CCN(C(=O)C[C@]2(COc3ccc(Cl)cc3)CCCN(C(=O)c3ccccc3F)C2)CC1. The number of carbonyl (C=O) groups is 2. The van der Waals surface area contributed by atoms with Gasteiger partial charge in [-0.2, -0.15) is 0 Å². The fourth-order valence-corrected chi connectivity index (χ4v) is 4.88. The predicted octanol–water partition coefficient (Wildman–Crippen LogP) is 3.94. The lowest BCUT2D eigenvalue weighted by Crippen LogP contribution is -2.53. The van der Waals surface area contributed by atoms with Crippen LogP contribution in [0.2, 0.25) is 5.02 Å². The van der Waals surface area contributed by atoms with E-state index in [2.05, 4.69) is 11.9 Å². The van der Waals surface area contributed by atoms with E-state index in [9.17, 15) is 14.0 Å². The van der Waals surface area contributed by atoms with Crippen molar-refractivity contribution in [1.82, 2.24) is 14.7 Å². The standard InChI is InChI=1S/C26H31ClFN3O3/c1-29-13-15-30(16-14-29)24(32)17-26(19-34-21-9-7-20(27)8-10-21)11-4-12-31(18-26)25(33)22-5-2-3-6-23(22)28/h2-3,5-10H,4,11-19H2,1H3/t26-/m1/s1. The molecule has 1 atom stereocenters. The van der Waals surface area contributed by atoms with Crippen LogP contribution in [0.1, 0.15) is 29.6 Å². The van der Waals surface area contributed by atoms with Crippen LogP contribution in [0.15, 0.2) is 48.5 Å². The molecule has 0 bridgehead atoms. The fraction of sp³-hybridized carbons (Fsp3) is 0.462. The minimum atomic E-state index is -0.556. The monoisotopic (exact) mass is 487 g/mol. The molecule has 0 spiro atoms. The average Bonchev–Trinajstić information content (AvgIpc) is 2.84. The number of amides is 2. The van der Waals surface area contributed by atoms with Gasteiger partial charge in [0, 0.05) is 56.1 Å². The second-order valence-corrected chi connectivity index (χ2v) is 9.85. The number of benzene rings is 2. The zero-order valence-corrected chi connectivity index (χ0v) is 20.3. The Morgan fingerprint density at radius 1 is 1.00 bits per heavy atom. The summed E-state index contributed by atoms with van der Waals surface area (Å²) in [7, 11) is 2.05. The number of halogens is 2. The van der Waals surface area contributed by atoms with E-state index in [1.165, 1.54) is 12.1 Å². The summed E-state index contributed by atoms with van der Waals surface area (Å²) in [5.41, 5.74) is -0.499. The summed E-state index contributed by atoms with van der Waals surface area (Å²) in [4.78, 5) is 32.3. The second kappa shape index (κ2) is 10.7. The molecule has 2 amide bonds. The van der Waals surface area contributed by atoms with Crippen LogP contribution >= 0.6 is 11.6 Å². The van der Waals surface area contributed by atoms with Crippen LogP contribution in [0.3, 0.4) is 0 Å². The zero-order chi connectivity index (χ0) is 24.1. The highest BCUT2D eigenvalue weighted by Gasteiger charge is 2.41. The normalized spacial score (nSPS) is 21.4. The molecule has 0 saturated carbocycles. The van der Waals surface area contributed by atoms with Crippen molar-refractivity contribution in [2.45, 2.75) is 19.3 Å². The number of piperidine rings is 1. The Morgan fingerprint density at radius 2 is 1.71 bits per heavy atom. The molecule has 4 rings (SSSR count). The number of carbonyl (C=O) groups excluding carboxylic acids is 2. The minimum absolute atomic E-state index is 0.0577. The molecule has 2 heterocycles. The molecule has 182 valence electrons. The lowest BCUT2D eigenvalue weighted by atomic mass is 9.77. The molecule has 0 radical (unpaired) electrons. The molecule has 0 N–H and O–H groups in total. The van der Waals surface area contributed by atoms with Crippen molar-refractivity contribution in [3.05, 3.63) is 64.9 Å². The lowest BCUT2D eigenvalue weighted by Gasteiger charge is -2.43. The Hall–Kier alpha value is -2.64. The number of likely N-dealkylation sites (tertiary alicyclic amines) is 1. The third-order valence-corrected chi connectivity index (χ3v) is 7.05. The van der Waals surface area contributed by atoms with Gasteiger partial charge in [0.2, 0.25) is 5.91 Å². The van der Waals surface area contributed by atoms with Crippen LogP contribution in [0.25, 0.3) is 0 Å². The van der Waals surface area contributed by atoms with Gasteiger partial charge in [-0.25, -0.2) is 4.39 Å². The molecule has 2 aliphatic rings. The molecule has 8 heteroatoms. The van der Waals surface area contributed by atoms with E-state index in [0.29, 0.717) is 37.0 Å². The van der Waals surface area contributed by atoms with Gasteiger partial charge in [0.05, 0.1) is 12.2 Å².